The molecule has 0 aliphatic heterocycles. The summed E-state index contributed by atoms with van der Waals surface area (Å²) in [5.41, 5.74) is 0. The van der Waals surface area contributed by atoms with E-state index in [1.807, 2.05) is 0 Å². The SMILES string of the molecule is CN(C(=O)CCC(F)(F)F)C1CC1. The summed E-state index contributed by atoms with van der Waals surface area (Å²) in [4.78, 5) is 12.5. The lowest BCUT2D eigenvalue weighted by Gasteiger charge is -2.16. The number of carbonyl (C=O) groups is 1. The normalized spacial score (nSPS) is 17.2. The smallest absolute Gasteiger partial charge is 0.343 e. The van der Waals surface area contributed by atoms with E-state index in [4.69, 9.17) is 0 Å². The van der Waals surface area contributed by atoms with Crippen LogP contribution in [0.2, 0.25) is 0 Å². The predicted molar refractivity (Wildman–Crippen MR) is 41.1 cm³/mol. The molecular weight excluding hydrogens is 183 g/mol. The Hall–Kier alpha value is -0.740. The van der Waals surface area contributed by atoms with Crippen molar-refractivity contribution in [2.75, 3.05) is 7.05 Å². The molecule has 1 rings (SSSR count). The molecule has 0 aromatic carbocycles. The summed E-state index contributed by atoms with van der Waals surface area (Å²) in [7, 11) is 1.57. The quantitative estimate of drug-likeness (QED) is 0.674. The van der Waals surface area contributed by atoms with Gasteiger partial charge in [-0.15, -0.1) is 0 Å². The van der Waals surface area contributed by atoms with Crippen LogP contribution in [-0.2, 0) is 4.79 Å². The van der Waals surface area contributed by atoms with Gasteiger partial charge in [-0.2, -0.15) is 13.2 Å². The van der Waals surface area contributed by atoms with Crippen LogP contribution < -0.4 is 0 Å². The second-order valence-electron chi connectivity index (χ2n) is 3.35. The molecule has 0 bridgehead atoms. The van der Waals surface area contributed by atoms with Crippen molar-refractivity contribution in [3.63, 3.8) is 0 Å². The Balaban J connectivity index is 2.24. The van der Waals surface area contributed by atoms with Crippen molar-refractivity contribution in [2.24, 2.45) is 0 Å². The Labute approximate surface area is 74.7 Å². The monoisotopic (exact) mass is 195 g/mol. The van der Waals surface area contributed by atoms with Gasteiger partial charge >= 0.3 is 6.18 Å². The highest BCUT2D eigenvalue weighted by molar-refractivity contribution is 5.76. The van der Waals surface area contributed by atoms with Gasteiger partial charge in [0.25, 0.3) is 0 Å². The fraction of sp³-hybridized carbons (Fsp3) is 0.875. The van der Waals surface area contributed by atoms with Crippen molar-refractivity contribution in [2.45, 2.75) is 37.9 Å². The van der Waals surface area contributed by atoms with Gasteiger partial charge in [0.2, 0.25) is 5.91 Å². The van der Waals surface area contributed by atoms with E-state index in [0.29, 0.717) is 0 Å². The zero-order valence-electron chi connectivity index (χ0n) is 7.40. The highest BCUT2D eigenvalue weighted by atomic mass is 19.4. The summed E-state index contributed by atoms with van der Waals surface area (Å²) in [5, 5.41) is 0. The van der Waals surface area contributed by atoms with Crippen LogP contribution in [0.15, 0.2) is 0 Å². The van der Waals surface area contributed by atoms with E-state index in [0.717, 1.165) is 12.8 Å². The number of halogens is 3. The lowest BCUT2D eigenvalue weighted by molar-refractivity contribution is -0.148. The fourth-order valence-electron chi connectivity index (χ4n) is 1.09. The first kappa shape index (κ1) is 10.3. The molecule has 13 heavy (non-hydrogen) atoms. The first-order chi connectivity index (χ1) is 5.90. The van der Waals surface area contributed by atoms with Crippen molar-refractivity contribution >= 4 is 5.91 Å². The van der Waals surface area contributed by atoms with Gasteiger partial charge in [-0.1, -0.05) is 0 Å². The van der Waals surface area contributed by atoms with E-state index >= 15 is 0 Å². The van der Waals surface area contributed by atoms with Crippen LogP contribution in [-0.4, -0.2) is 30.1 Å². The van der Waals surface area contributed by atoms with Crippen LogP contribution in [0.5, 0.6) is 0 Å². The minimum absolute atomic E-state index is 0.195. The van der Waals surface area contributed by atoms with Gasteiger partial charge in [0, 0.05) is 19.5 Å². The molecule has 0 aromatic heterocycles. The molecule has 76 valence electrons. The van der Waals surface area contributed by atoms with E-state index in [2.05, 4.69) is 0 Å². The van der Waals surface area contributed by atoms with Crippen molar-refractivity contribution in [3.05, 3.63) is 0 Å². The zero-order valence-corrected chi connectivity index (χ0v) is 7.40. The average molecular weight is 195 g/mol. The lowest BCUT2D eigenvalue weighted by Crippen LogP contribution is -2.29. The lowest BCUT2D eigenvalue weighted by atomic mass is 10.3. The highest BCUT2D eigenvalue weighted by Gasteiger charge is 2.32. The first-order valence-electron chi connectivity index (χ1n) is 4.22. The molecule has 0 aromatic rings. The number of hydrogen-bond donors (Lipinski definition) is 0. The Morgan fingerprint density at radius 1 is 1.46 bits per heavy atom. The molecule has 5 heteroatoms. The van der Waals surface area contributed by atoms with Gasteiger partial charge in [-0.05, 0) is 12.8 Å². The highest BCUT2D eigenvalue weighted by Crippen LogP contribution is 2.27. The number of carbonyl (C=O) groups excluding carboxylic acids is 1. The van der Waals surface area contributed by atoms with Gasteiger partial charge in [-0.25, -0.2) is 0 Å². The molecule has 0 atom stereocenters. The third kappa shape index (κ3) is 3.65. The number of rotatable bonds is 3. The molecule has 1 aliphatic carbocycles. The maximum absolute atomic E-state index is 11.7. The van der Waals surface area contributed by atoms with E-state index in [-0.39, 0.29) is 6.04 Å². The molecule has 1 fully saturated rings. The van der Waals surface area contributed by atoms with Crippen molar-refractivity contribution in [1.29, 1.82) is 0 Å². The molecule has 0 unspecified atom stereocenters. The molecular formula is C8H12F3NO. The van der Waals surface area contributed by atoms with Crippen molar-refractivity contribution in [1.82, 2.24) is 4.90 Å². The van der Waals surface area contributed by atoms with Crippen LogP contribution in [0.25, 0.3) is 0 Å². The number of nitrogens with zero attached hydrogens (tertiary/aromatic N) is 1. The maximum Gasteiger partial charge on any atom is 0.389 e. The Kier molecular flexibility index (Phi) is 2.83. The van der Waals surface area contributed by atoms with Crippen LogP contribution in [0.1, 0.15) is 25.7 Å². The summed E-state index contributed by atoms with van der Waals surface area (Å²) in [5.74, 6) is -0.403. The second-order valence-corrected chi connectivity index (χ2v) is 3.35. The second kappa shape index (κ2) is 3.55. The summed E-state index contributed by atoms with van der Waals surface area (Å²) in [6.07, 6.45) is -3.80. The molecule has 0 N–H and O–H groups in total. The average Bonchev–Trinajstić information content (AvgIpc) is 2.79. The van der Waals surface area contributed by atoms with Gasteiger partial charge in [-0.3, -0.25) is 4.79 Å². The fourth-order valence-corrected chi connectivity index (χ4v) is 1.09. The van der Waals surface area contributed by atoms with E-state index in [9.17, 15) is 18.0 Å². The topological polar surface area (TPSA) is 20.3 Å². The van der Waals surface area contributed by atoms with Crippen molar-refractivity contribution < 1.29 is 18.0 Å². The molecule has 0 radical (unpaired) electrons. The predicted octanol–water partition coefficient (Wildman–Crippen LogP) is 1.95. The van der Waals surface area contributed by atoms with Gasteiger partial charge in [0.05, 0.1) is 6.42 Å². The van der Waals surface area contributed by atoms with Crippen LogP contribution in [0, 0.1) is 0 Å². The maximum atomic E-state index is 11.7. The van der Waals surface area contributed by atoms with Gasteiger partial charge in [0.1, 0.15) is 0 Å². The molecule has 1 aliphatic rings. The zero-order chi connectivity index (χ0) is 10.1. The van der Waals surface area contributed by atoms with Gasteiger partial charge in [0.15, 0.2) is 0 Å². The molecule has 0 heterocycles. The van der Waals surface area contributed by atoms with Crippen LogP contribution >= 0.6 is 0 Å². The van der Waals surface area contributed by atoms with E-state index < -0.39 is 24.9 Å². The largest absolute Gasteiger partial charge is 0.389 e. The summed E-state index contributed by atoms with van der Waals surface area (Å²) >= 11 is 0. The first-order valence-corrected chi connectivity index (χ1v) is 4.22. The van der Waals surface area contributed by atoms with E-state index in [1.54, 1.807) is 7.05 Å². The number of hydrogen-bond acceptors (Lipinski definition) is 1. The molecule has 2 nitrogen and oxygen atoms in total. The van der Waals surface area contributed by atoms with Crippen LogP contribution in [0.3, 0.4) is 0 Å². The molecule has 1 amide bonds. The summed E-state index contributed by atoms with van der Waals surface area (Å²) < 4.78 is 35.2. The van der Waals surface area contributed by atoms with Crippen LogP contribution in [0.4, 0.5) is 13.2 Å². The standard InChI is InChI=1S/C8H12F3NO/c1-12(6-2-3-6)7(13)4-5-8(9,10)11/h6H,2-5H2,1H3. The minimum atomic E-state index is -4.22. The van der Waals surface area contributed by atoms with E-state index in [1.165, 1.54) is 4.90 Å². The third-order valence-electron chi connectivity index (χ3n) is 2.11. The Morgan fingerprint density at radius 2 is 2.00 bits per heavy atom. The molecule has 1 saturated carbocycles. The number of amides is 1. The number of alkyl halides is 3. The van der Waals surface area contributed by atoms with Crippen molar-refractivity contribution in [3.8, 4) is 0 Å². The summed E-state index contributed by atoms with van der Waals surface area (Å²) in [6.45, 7) is 0. The Bertz CT molecular complexity index is 198. The Morgan fingerprint density at radius 3 is 2.38 bits per heavy atom. The summed E-state index contributed by atoms with van der Waals surface area (Å²) in [6, 6.07) is 0.195. The van der Waals surface area contributed by atoms with Gasteiger partial charge < -0.3 is 4.90 Å². The molecule has 0 spiro atoms. The minimum Gasteiger partial charge on any atom is -0.343 e. The third-order valence-corrected chi connectivity index (χ3v) is 2.11. The molecule has 0 saturated heterocycles.